The lowest BCUT2D eigenvalue weighted by Crippen LogP contribution is -2.41. The van der Waals surface area contributed by atoms with Crippen molar-refractivity contribution in [2.75, 3.05) is 7.11 Å². The number of methoxy groups -OCH3 is 1. The Labute approximate surface area is 152 Å². The van der Waals surface area contributed by atoms with E-state index in [0.717, 1.165) is 17.8 Å². The average molecular weight is 405 g/mol. The molecule has 1 aromatic carbocycles. The highest BCUT2D eigenvalue weighted by Crippen LogP contribution is 2.29. The topological polar surface area (TPSA) is 109 Å². The van der Waals surface area contributed by atoms with Crippen LogP contribution in [-0.2, 0) is 30.7 Å². The second-order valence-electron chi connectivity index (χ2n) is 5.44. The van der Waals surface area contributed by atoms with Gasteiger partial charge in [-0.3, -0.25) is 9.36 Å². The van der Waals surface area contributed by atoms with Gasteiger partial charge in [-0.25, -0.2) is 17.9 Å². The quantitative estimate of drug-likeness (QED) is 0.704. The van der Waals surface area contributed by atoms with Crippen molar-refractivity contribution in [3.8, 4) is 11.5 Å². The van der Waals surface area contributed by atoms with E-state index in [1.165, 1.54) is 32.4 Å². The van der Waals surface area contributed by atoms with E-state index in [9.17, 15) is 26.8 Å². The minimum atomic E-state index is -4.23. The standard InChI is InChI=1S/C15H17F2N3O6S/c1-19-8-12(13(21)20(2)15(19)22)27(23,24)18-7-9-4-5-10(26-14(16)17)11(6-9)25-3/h4-6,8,14,18H,7H2,1-3H3. The van der Waals surface area contributed by atoms with Crippen LogP contribution in [0.2, 0.25) is 0 Å². The molecule has 2 aromatic rings. The number of ether oxygens (including phenoxy) is 2. The second-order valence-corrected chi connectivity index (χ2v) is 7.17. The number of benzene rings is 1. The summed E-state index contributed by atoms with van der Waals surface area (Å²) < 4.78 is 62.6. The zero-order valence-electron chi connectivity index (χ0n) is 14.6. The summed E-state index contributed by atoms with van der Waals surface area (Å²) in [6.07, 6.45) is 0.924. The Morgan fingerprint density at radius 1 is 1.19 bits per heavy atom. The van der Waals surface area contributed by atoms with Crippen LogP contribution < -0.4 is 25.4 Å². The van der Waals surface area contributed by atoms with Crippen LogP contribution in [0.1, 0.15) is 5.56 Å². The van der Waals surface area contributed by atoms with E-state index >= 15 is 0 Å². The summed E-state index contributed by atoms with van der Waals surface area (Å²) in [7, 11) is -0.513. The van der Waals surface area contributed by atoms with Gasteiger partial charge in [0.1, 0.15) is 0 Å². The van der Waals surface area contributed by atoms with Crippen LogP contribution in [0.3, 0.4) is 0 Å². The van der Waals surface area contributed by atoms with Gasteiger partial charge >= 0.3 is 12.3 Å². The predicted octanol–water partition coefficient (Wildman–Crippen LogP) is 0.173. The molecule has 0 saturated carbocycles. The van der Waals surface area contributed by atoms with E-state index in [1.54, 1.807) is 0 Å². The molecule has 0 radical (unpaired) electrons. The Balaban J connectivity index is 2.28. The van der Waals surface area contributed by atoms with Crippen molar-refractivity contribution >= 4 is 10.0 Å². The lowest BCUT2D eigenvalue weighted by molar-refractivity contribution is -0.0512. The molecule has 0 spiro atoms. The molecule has 1 aromatic heterocycles. The molecular weight excluding hydrogens is 388 g/mol. The first kappa shape index (κ1) is 20.6. The molecule has 0 saturated heterocycles. The third-order valence-electron chi connectivity index (χ3n) is 3.61. The Kier molecular flexibility index (Phi) is 6.01. The Morgan fingerprint density at radius 3 is 2.44 bits per heavy atom. The Morgan fingerprint density at radius 2 is 1.85 bits per heavy atom. The van der Waals surface area contributed by atoms with Crippen molar-refractivity contribution in [1.82, 2.24) is 13.9 Å². The minimum absolute atomic E-state index is 0.00924. The van der Waals surface area contributed by atoms with Gasteiger partial charge in [0.25, 0.3) is 5.56 Å². The van der Waals surface area contributed by atoms with Crippen molar-refractivity contribution in [2.45, 2.75) is 18.1 Å². The predicted molar refractivity (Wildman–Crippen MR) is 90.6 cm³/mol. The van der Waals surface area contributed by atoms with Gasteiger partial charge in [0, 0.05) is 26.8 Å². The number of hydrogen-bond acceptors (Lipinski definition) is 6. The third-order valence-corrected chi connectivity index (χ3v) is 5.00. The van der Waals surface area contributed by atoms with Gasteiger partial charge in [-0.2, -0.15) is 8.78 Å². The molecule has 0 aliphatic heterocycles. The van der Waals surface area contributed by atoms with Crippen molar-refractivity contribution in [2.24, 2.45) is 14.1 Å². The van der Waals surface area contributed by atoms with E-state index in [1.807, 2.05) is 0 Å². The van der Waals surface area contributed by atoms with E-state index in [4.69, 9.17) is 4.74 Å². The van der Waals surface area contributed by atoms with Crippen LogP contribution in [-0.4, -0.2) is 31.3 Å². The van der Waals surface area contributed by atoms with Gasteiger partial charge in [0.05, 0.1) is 7.11 Å². The summed E-state index contributed by atoms with van der Waals surface area (Å²) in [6, 6.07) is 3.89. The van der Waals surface area contributed by atoms with Gasteiger partial charge in [-0.1, -0.05) is 6.07 Å². The normalized spacial score (nSPS) is 11.6. The highest BCUT2D eigenvalue weighted by atomic mass is 32.2. The molecule has 0 aliphatic carbocycles. The maximum absolute atomic E-state index is 12.4. The summed E-state index contributed by atoms with van der Waals surface area (Å²) in [5.74, 6) is -0.212. The van der Waals surface area contributed by atoms with Crippen LogP contribution in [0.4, 0.5) is 8.78 Å². The Bertz CT molecular complexity index is 1060. The number of rotatable bonds is 7. The van der Waals surface area contributed by atoms with Crippen LogP contribution in [0.25, 0.3) is 0 Å². The van der Waals surface area contributed by atoms with Gasteiger partial charge in [0.2, 0.25) is 10.0 Å². The molecule has 0 aliphatic rings. The third kappa shape index (κ3) is 4.52. The molecule has 12 heteroatoms. The average Bonchev–Trinajstić information content (AvgIpc) is 2.61. The van der Waals surface area contributed by atoms with Crippen LogP contribution in [0.15, 0.2) is 38.9 Å². The van der Waals surface area contributed by atoms with E-state index in [0.29, 0.717) is 10.1 Å². The number of nitrogens with zero attached hydrogens (tertiary/aromatic N) is 2. The first-order chi connectivity index (χ1) is 12.6. The van der Waals surface area contributed by atoms with Crippen molar-refractivity contribution < 1.29 is 26.7 Å². The SMILES string of the molecule is COc1cc(CNS(=O)(=O)c2cn(C)c(=O)n(C)c2=O)ccc1OC(F)F. The number of aromatic nitrogens is 2. The lowest BCUT2D eigenvalue weighted by Gasteiger charge is -2.12. The number of sulfonamides is 1. The first-order valence-corrected chi connectivity index (χ1v) is 8.93. The number of alkyl halides is 2. The van der Waals surface area contributed by atoms with Crippen molar-refractivity contribution in [3.63, 3.8) is 0 Å². The molecule has 0 bridgehead atoms. The maximum Gasteiger partial charge on any atom is 0.387 e. The van der Waals surface area contributed by atoms with Gasteiger partial charge < -0.3 is 14.0 Å². The fourth-order valence-electron chi connectivity index (χ4n) is 2.23. The summed E-state index contributed by atoms with van der Waals surface area (Å²) in [5, 5.41) is 0. The molecule has 0 atom stereocenters. The summed E-state index contributed by atoms with van der Waals surface area (Å²) in [6.45, 7) is -3.29. The fourth-order valence-corrected chi connectivity index (χ4v) is 3.41. The highest BCUT2D eigenvalue weighted by molar-refractivity contribution is 7.89. The monoisotopic (exact) mass is 405 g/mol. The summed E-state index contributed by atoms with van der Waals surface area (Å²) in [5.41, 5.74) is -1.26. The number of hydrogen-bond donors (Lipinski definition) is 1. The van der Waals surface area contributed by atoms with E-state index < -0.39 is 32.8 Å². The van der Waals surface area contributed by atoms with Crippen LogP contribution in [0.5, 0.6) is 11.5 Å². The zero-order chi connectivity index (χ0) is 20.4. The first-order valence-electron chi connectivity index (χ1n) is 7.45. The number of halogens is 2. The molecule has 148 valence electrons. The molecule has 27 heavy (non-hydrogen) atoms. The summed E-state index contributed by atoms with van der Waals surface area (Å²) >= 11 is 0. The second kappa shape index (κ2) is 7.88. The largest absolute Gasteiger partial charge is 0.493 e. The minimum Gasteiger partial charge on any atom is -0.493 e. The summed E-state index contributed by atoms with van der Waals surface area (Å²) in [4.78, 5) is 23.1. The smallest absolute Gasteiger partial charge is 0.387 e. The molecule has 1 heterocycles. The molecule has 0 unspecified atom stereocenters. The highest BCUT2D eigenvalue weighted by Gasteiger charge is 2.21. The van der Waals surface area contributed by atoms with Gasteiger partial charge in [-0.15, -0.1) is 0 Å². The molecule has 0 fully saturated rings. The Hall–Kier alpha value is -2.73. The molecule has 1 N–H and O–H groups in total. The zero-order valence-corrected chi connectivity index (χ0v) is 15.4. The van der Waals surface area contributed by atoms with Gasteiger partial charge in [-0.05, 0) is 17.7 Å². The van der Waals surface area contributed by atoms with Gasteiger partial charge in [0.15, 0.2) is 16.4 Å². The maximum atomic E-state index is 12.4. The van der Waals surface area contributed by atoms with Crippen LogP contribution in [0, 0.1) is 0 Å². The molecular formula is C15H17F2N3O6S. The molecule has 0 amide bonds. The number of aryl methyl sites for hydroxylation is 1. The van der Waals surface area contributed by atoms with Crippen LogP contribution >= 0.6 is 0 Å². The van der Waals surface area contributed by atoms with E-state index in [2.05, 4.69) is 9.46 Å². The van der Waals surface area contributed by atoms with Crippen molar-refractivity contribution in [1.29, 1.82) is 0 Å². The van der Waals surface area contributed by atoms with Crippen molar-refractivity contribution in [3.05, 3.63) is 50.8 Å². The number of nitrogens with one attached hydrogen (secondary N) is 1. The lowest BCUT2D eigenvalue weighted by atomic mass is 10.2. The van der Waals surface area contributed by atoms with E-state index in [-0.39, 0.29) is 18.0 Å². The molecule has 2 rings (SSSR count). The molecule has 9 nitrogen and oxygen atoms in total. The fraction of sp³-hybridized carbons (Fsp3) is 0.333.